The Hall–Kier alpha value is -1.88. The van der Waals surface area contributed by atoms with Crippen LogP contribution < -0.4 is 10.6 Å². The first-order valence-corrected chi connectivity index (χ1v) is 8.59. The summed E-state index contributed by atoms with van der Waals surface area (Å²) >= 11 is 7.65. The van der Waals surface area contributed by atoms with Crippen molar-refractivity contribution in [2.24, 2.45) is 0 Å². The highest BCUT2D eigenvalue weighted by Gasteiger charge is 2.31. The number of H-pyrrole nitrogens is 1. The molecule has 0 aliphatic heterocycles. The SMILES string of the molecule is O=c1nc(N(c2cc(F)cc(I)c2)C(F)C(F)F)c2ccc(Cl)cc2[nH]1. The highest BCUT2D eigenvalue weighted by atomic mass is 127. The molecule has 0 amide bonds. The van der Waals surface area contributed by atoms with E-state index < -0.39 is 24.2 Å². The molecule has 1 heterocycles. The summed E-state index contributed by atoms with van der Waals surface area (Å²) in [5.74, 6) is -1.11. The summed E-state index contributed by atoms with van der Waals surface area (Å²) in [6, 6.07) is 7.58. The molecule has 0 saturated heterocycles. The molecule has 1 N–H and O–H groups in total. The number of aromatic amines is 1. The molecule has 3 aromatic rings. The fourth-order valence-corrected chi connectivity index (χ4v) is 3.26. The van der Waals surface area contributed by atoms with E-state index in [1.807, 2.05) is 0 Å². The van der Waals surface area contributed by atoms with E-state index >= 15 is 0 Å². The number of anilines is 2. The van der Waals surface area contributed by atoms with E-state index in [0.29, 0.717) is 8.47 Å². The maximum Gasteiger partial charge on any atom is 0.347 e. The van der Waals surface area contributed by atoms with Gasteiger partial charge in [0.2, 0.25) is 6.30 Å². The summed E-state index contributed by atoms with van der Waals surface area (Å²) < 4.78 is 54.9. The van der Waals surface area contributed by atoms with Crippen molar-refractivity contribution in [2.45, 2.75) is 12.7 Å². The first-order chi connectivity index (χ1) is 12.3. The molecule has 3 rings (SSSR count). The number of fused-ring (bicyclic) bond motifs is 1. The first kappa shape index (κ1) is 18.9. The molecule has 0 spiro atoms. The van der Waals surface area contributed by atoms with Crippen molar-refractivity contribution < 1.29 is 17.6 Å². The van der Waals surface area contributed by atoms with Crippen LogP contribution in [-0.4, -0.2) is 22.7 Å². The predicted octanol–water partition coefficient (Wildman–Crippen LogP) is 5.02. The second-order valence-electron chi connectivity index (χ2n) is 5.26. The van der Waals surface area contributed by atoms with Gasteiger partial charge in [-0.2, -0.15) is 4.98 Å². The van der Waals surface area contributed by atoms with Gasteiger partial charge >= 0.3 is 5.69 Å². The van der Waals surface area contributed by atoms with Gasteiger partial charge in [-0.25, -0.2) is 22.4 Å². The lowest BCUT2D eigenvalue weighted by molar-refractivity contribution is 0.0534. The summed E-state index contributed by atoms with van der Waals surface area (Å²) in [4.78, 5) is 18.4. The Bertz CT molecular complexity index is 1010. The average Bonchev–Trinajstić information content (AvgIpc) is 2.53. The first-order valence-electron chi connectivity index (χ1n) is 7.13. The third kappa shape index (κ3) is 3.78. The number of nitrogens with zero attached hydrogens (tertiary/aromatic N) is 2. The Labute approximate surface area is 162 Å². The van der Waals surface area contributed by atoms with Crippen LogP contribution in [-0.2, 0) is 0 Å². The summed E-state index contributed by atoms with van der Waals surface area (Å²) in [7, 11) is 0. The van der Waals surface area contributed by atoms with E-state index in [4.69, 9.17) is 11.6 Å². The lowest BCUT2D eigenvalue weighted by Gasteiger charge is -2.28. The van der Waals surface area contributed by atoms with Crippen LogP contribution in [0.1, 0.15) is 0 Å². The summed E-state index contributed by atoms with van der Waals surface area (Å²) in [6.45, 7) is 0. The zero-order chi connectivity index (χ0) is 19.0. The number of alkyl halides is 3. The lowest BCUT2D eigenvalue weighted by atomic mass is 10.2. The third-order valence-electron chi connectivity index (χ3n) is 3.48. The van der Waals surface area contributed by atoms with Crippen molar-refractivity contribution >= 4 is 56.6 Å². The van der Waals surface area contributed by atoms with Gasteiger partial charge in [0.15, 0.2) is 5.82 Å². The minimum atomic E-state index is -3.42. The number of benzene rings is 2. The van der Waals surface area contributed by atoms with Gasteiger partial charge < -0.3 is 4.98 Å². The Morgan fingerprint density at radius 2 is 1.88 bits per heavy atom. The van der Waals surface area contributed by atoms with E-state index in [1.54, 1.807) is 22.6 Å². The van der Waals surface area contributed by atoms with Crippen molar-refractivity contribution in [1.82, 2.24) is 9.97 Å². The van der Waals surface area contributed by atoms with Crippen molar-refractivity contribution in [1.29, 1.82) is 0 Å². The Morgan fingerprint density at radius 1 is 1.15 bits per heavy atom. The predicted molar refractivity (Wildman–Crippen MR) is 99.5 cm³/mol. The Kier molecular flexibility index (Phi) is 5.37. The summed E-state index contributed by atoms with van der Waals surface area (Å²) in [6.07, 6.45) is -6.26. The van der Waals surface area contributed by atoms with Crippen molar-refractivity contribution in [3.05, 3.63) is 61.3 Å². The van der Waals surface area contributed by atoms with Crippen LogP contribution in [0.25, 0.3) is 10.9 Å². The second-order valence-corrected chi connectivity index (χ2v) is 6.94. The number of halogens is 6. The number of rotatable bonds is 4. The van der Waals surface area contributed by atoms with Gasteiger partial charge in [-0.3, -0.25) is 4.90 Å². The fraction of sp³-hybridized carbons (Fsp3) is 0.125. The standard InChI is InChI=1S/C16H9ClF4IN3O/c17-7-1-2-11-12(3-7)23-16(26)24-15(11)25(14(21)13(19)20)10-5-8(18)4-9(22)6-10/h1-6,13-14H,(H,23,24,26). The van der Waals surface area contributed by atoms with Gasteiger partial charge in [0.25, 0.3) is 6.43 Å². The molecule has 2 aromatic carbocycles. The maximum atomic E-state index is 14.4. The van der Waals surface area contributed by atoms with Crippen LogP contribution in [0.3, 0.4) is 0 Å². The van der Waals surface area contributed by atoms with Crippen molar-refractivity contribution in [3.63, 3.8) is 0 Å². The number of nitrogens with one attached hydrogen (secondary N) is 1. The highest BCUT2D eigenvalue weighted by Crippen LogP contribution is 2.35. The highest BCUT2D eigenvalue weighted by molar-refractivity contribution is 14.1. The molecular weight excluding hydrogens is 489 g/mol. The van der Waals surface area contributed by atoms with Gasteiger partial charge in [-0.05, 0) is 59.0 Å². The monoisotopic (exact) mass is 497 g/mol. The molecule has 0 aliphatic rings. The molecule has 0 radical (unpaired) electrons. The van der Waals surface area contributed by atoms with E-state index in [1.165, 1.54) is 24.3 Å². The molecule has 1 atom stereocenters. The van der Waals surface area contributed by atoms with E-state index in [0.717, 1.165) is 12.1 Å². The smallest absolute Gasteiger partial charge is 0.305 e. The van der Waals surface area contributed by atoms with Gasteiger partial charge in [0, 0.05) is 19.7 Å². The van der Waals surface area contributed by atoms with Crippen LogP contribution in [0.15, 0.2) is 41.2 Å². The largest absolute Gasteiger partial charge is 0.347 e. The Morgan fingerprint density at radius 3 is 2.54 bits per heavy atom. The zero-order valence-electron chi connectivity index (χ0n) is 12.7. The number of aromatic nitrogens is 2. The van der Waals surface area contributed by atoms with E-state index in [-0.39, 0.29) is 27.4 Å². The van der Waals surface area contributed by atoms with Gasteiger partial charge in [0.05, 0.1) is 5.52 Å². The molecule has 0 aliphatic carbocycles. The molecule has 0 saturated carbocycles. The minimum absolute atomic E-state index is 0.177. The van der Waals surface area contributed by atoms with Gasteiger partial charge in [0.1, 0.15) is 5.82 Å². The van der Waals surface area contributed by atoms with Crippen LogP contribution in [0.4, 0.5) is 29.1 Å². The molecular formula is C16H9ClF4IN3O. The molecule has 1 unspecified atom stereocenters. The third-order valence-corrected chi connectivity index (χ3v) is 4.34. The second kappa shape index (κ2) is 7.39. The summed E-state index contributed by atoms with van der Waals surface area (Å²) in [5, 5.41) is 0.458. The molecule has 26 heavy (non-hydrogen) atoms. The fourth-order valence-electron chi connectivity index (χ4n) is 2.47. The molecule has 0 bridgehead atoms. The normalized spacial score (nSPS) is 12.6. The molecule has 0 fully saturated rings. The van der Waals surface area contributed by atoms with Gasteiger partial charge in [-0.15, -0.1) is 0 Å². The number of hydrogen-bond acceptors (Lipinski definition) is 3. The Balaban J connectivity index is 2.32. The quantitative estimate of drug-likeness (QED) is 0.313. The van der Waals surface area contributed by atoms with Gasteiger partial charge in [-0.1, -0.05) is 11.6 Å². The van der Waals surface area contributed by atoms with Crippen LogP contribution in [0.2, 0.25) is 5.02 Å². The number of hydrogen-bond donors (Lipinski definition) is 1. The lowest BCUT2D eigenvalue weighted by Crippen LogP contribution is -2.35. The summed E-state index contributed by atoms with van der Waals surface area (Å²) in [5.41, 5.74) is -0.894. The van der Waals surface area contributed by atoms with Crippen LogP contribution in [0, 0.1) is 9.39 Å². The van der Waals surface area contributed by atoms with Crippen molar-refractivity contribution in [3.8, 4) is 0 Å². The molecule has 136 valence electrons. The van der Waals surface area contributed by atoms with E-state index in [9.17, 15) is 22.4 Å². The maximum absolute atomic E-state index is 14.4. The zero-order valence-corrected chi connectivity index (χ0v) is 15.6. The van der Waals surface area contributed by atoms with Crippen molar-refractivity contribution in [2.75, 3.05) is 4.90 Å². The minimum Gasteiger partial charge on any atom is -0.305 e. The van der Waals surface area contributed by atoms with Crippen LogP contribution in [0.5, 0.6) is 0 Å². The van der Waals surface area contributed by atoms with E-state index in [2.05, 4.69) is 9.97 Å². The molecule has 1 aromatic heterocycles. The molecule has 4 nitrogen and oxygen atoms in total. The topological polar surface area (TPSA) is 49.0 Å². The average molecular weight is 498 g/mol. The molecule has 10 heteroatoms. The van der Waals surface area contributed by atoms with Crippen LogP contribution >= 0.6 is 34.2 Å².